The number of nitrogens with one attached hydrogen (secondary N) is 1. The molecule has 3 atom stereocenters. The fourth-order valence-corrected chi connectivity index (χ4v) is 4.04. The zero-order chi connectivity index (χ0) is 22.2. The van der Waals surface area contributed by atoms with E-state index in [2.05, 4.69) is 5.32 Å². The summed E-state index contributed by atoms with van der Waals surface area (Å²) < 4.78 is 21.6. The molecule has 1 saturated heterocycles. The van der Waals surface area contributed by atoms with Crippen molar-refractivity contribution < 1.29 is 28.8 Å². The Labute approximate surface area is 187 Å². The quantitative estimate of drug-likeness (QED) is 0.262. The largest absolute Gasteiger partial charge is 0.498 e. The maximum atomic E-state index is 11.2. The monoisotopic (exact) mass is 441 g/mol. The van der Waals surface area contributed by atoms with Gasteiger partial charge in [0.15, 0.2) is 6.29 Å². The fraction of sp³-hybridized carbons (Fsp3) is 0.875. The third-order valence-electron chi connectivity index (χ3n) is 6.06. The van der Waals surface area contributed by atoms with E-state index < -0.39 is 5.60 Å². The summed E-state index contributed by atoms with van der Waals surface area (Å²) in [5.74, 6) is -0.121. The highest BCUT2D eigenvalue weighted by Crippen LogP contribution is 2.22. The van der Waals surface area contributed by atoms with E-state index >= 15 is 0 Å². The SMILES string of the molecule is COC(=O)CCCCCCC(COC1CCCCO1)NCCCCCC1(O)C=COC1. The minimum atomic E-state index is -0.766. The van der Waals surface area contributed by atoms with E-state index in [-0.39, 0.29) is 12.3 Å². The van der Waals surface area contributed by atoms with Gasteiger partial charge in [0.1, 0.15) is 12.2 Å². The Morgan fingerprint density at radius 1 is 1.19 bits per heavy atom. The van der Waals surface area contributed by atoms with Gasteiger partial charge < -0.3 is 29.4 Å². The third kappa shape index (κ3) is 11.9. The van der Waals surface area contributed by atoms with Crippen LogP contribution in [0.3, 0.4) is 0 Å². The van der Waals surface area contributed by atoms with Gasteiger partial charge in [0.05, 0.1) is 20.0 Å². The molecule has 0 saturated carbocycles. The molecule has 31 heavy (non-hydrogen) atoms. The van der Waals surface area contributed by atoms with Crippen LogP contribution in [-0.2, 0) is 23.7 Å². The predicted molar refractivity (Wildman–Crippen MR) is 120 cm³/mol. The molecule has 7 heteroatoms. The van der Waals surface area contributed by atoms with Crippen molar-refractivity contribution in [1.29, 1.82) is 0 Å². The summed E-state index contributed by atoms with van der Waals surface area (Å²) in [6.07, 6.45) is 16.2. The first kappa shape index (κ1) is 26.1. The van der Waals surface area contributed by atoms with Crippen molar-refractivity contribution in [3.05, 3.63) is 12.3 Å². The molecule has 2 aliphatic rings. The highest BCUT2D eigenvalue weighted by molar-refractivity contribution is 5.68. The first-order valence-electron chi connectivity index (χ1n) is 12.2. The maximum absolute atomic E-state index is 11.2. The number of aliphatic hydroxyl groups is 1. The van der Waals surface area contributed by atoms with Gasteiger partial charge in [-0.2, -0.15) is 0 Å². The lowest BCUT2D eigenvalue weighted by Crippen LogP contribution is -2.37. The van der Waals surface area contributed by atoms with Crippen molar-refractivity contribution >= 4 is 5.97 Å². The molecule has 2 aliphatic heterocycles. The zero-order valence-corrected chi connectivity index (χ0v) is 19.3. The standard InChI is InChI=1S/C24H43NO6/c1-28-22(26)12-6-3-2-5-11-21(19-31-23-13-7-10-17-30-23)25-16-9-4-8-14-24(27)15-18-29-20-24/h15,18,21,23,25,27H,2-14,16-17,19-20H2,1H3. The van der Waals surface area contributed by atoms with E-state index in [0.29, 0.717) is 25.7 Å². The normalized spacial score (nSPS) is 24.1. The molecule has 180 valence electrons. The molecule has 0 spiro atoms. The van der Waals surface area contributed by atoms with Crippen molar-refractivity contribution in [3.63, 3.8) is 0 Å². The average Bonchev–Trinajstić information content (AvgIpc) is 3.23. The molecule has 7 nitrogen and oxygen atoms in total. The molecule has 0 aliphatic carbocycles. The average molecular weight is 442 g/mol. The lowest BCUT2D eigenvalue weighted by atomic mass is 9.98. The highest BCUT2D eigenvalue weighted by Gasteiger charge is 2.27. The van der Waals surface area contributed by atoms with Crippen molar-refractivity contribution in [1.82, 2.24) is 5.32 Å². The number of esters is 1. The lowest BCUT2D eigenvalue weighted by molar-refractivity contribution is -0.166. The molecule has 3 unspecified atom stereocenters. The minimum Gasteiger partial charge on any atom is -0.498 e. The second-order valence-corrected chi connectivity index (χ2v) is 8.84. The van der Waals surface area contributed by atoms with Crippen LogP contribution in [0.4, 0.5) is 0 Å². The van der Waals surface area contributed by atoms with Gasteiger partial charge in [-0.15, -0.1) is 0 Å². The summed E-state index contributed by atoms with van der Waals surface area (Å²) in [7, 11) is 1.44. The van der Waals surface area contributed by atoms with Crippen LogP contribution in [0.1, 0.15) is 83.5 Å². The van der Waals surface area contributed by atoms with Crippen LogP contribution >= 0.6 is 0 Å². The molecule has 0 amide bonds. The van der Waals surface area contributed by atoms with Crippen molar-refractivity contribution in [2.45, 2.75) is 101 Å². The van der Waals surface area contributed by atoms with Gasteiger partial charge in [-0.3, -0.25) is 4.79 Å². The summed E-state index contributed by atoms with van der Waals surface area (Å²) >= 11 is 0. The molecule has 2 heterocycles. The molecule has 0 aromatic rings. The fourth-order valence-electron chi connectivity index (χ4n) is 4.04. The van der Waals surface area contributed by atoms with Crippen molar-refractivity contribution in [2.24, 2.45) is 0 Å². The first-order valence-corrected chi connectivity index (χ1v) is 12.2. The van der Waals surface area contributed by atoms with E-state index in [1.165, 1.54) is 13.5 Å². The van der Waals surface area contributed by atoms with E-state index in [1.807, 2.05) is 0 Å². The highest BCUT2D eigenvalue weighted by atomic mass is 16.7. The van der Waals surface area contributed by atoms with Gasteiger partial charge in [0.25, 0.3) is 0 Å². The van der Waals surface area contributed by atoms with Gasteiger partial charge in [-0.05, 0) is 57.6 Å². The smallest absolute Gasteiger partial charge is 0.305 e. The summed E-state index contributed by atoms with van der Waals surface area (Å²) in [6.45, 7) is 2.81. The van der Waals surface area contributed by atoms with Crippen LogP contribution in [0.15, 0.2) is 12.3 Å². The van der Waals surface area contributed by atoms with E-state index in [0.717, 1.165) is 83.8 Å². The second kappa shape index (κ2) is 15.6. The van der Waals surface area contributed by atoms with Crippen LogP contribution < -0.4 is 5.32 Å². The van der Waals surface area contributed by atoms with Gasteiger partial charge in [0.2, 0.25) is 0 Å². The second-order valence-electron chi connectivity index (χ2n) is 8.84. The molecule has 2 rings (SSSR count). The van der Waals surface area contributed by atoms with Crippen molar-refractivity contribution in [3.8, 4) is 0 Å². The van der Waals surface area contributed by atoms with Crippen LogP contribution in [0.25, 0.3) is 0 Å². The van der Waals surface area contributed by atoms with Crippen molar-refractivity contribution in [2.75, 3.05) is 33.5 Å². The van der Waals surface area contributed by atoms with E-state index in [1.54, 1.807) is 12.3 Å². The summed E-state index contributed by atoms with van der Waals surface area (Å²) in [5.41, 5.74) is -0.766. The number of methoxy groups -OCH3 is 1. The summed E-state index contributed by atoms with van der Waals surface area (Å²) in [6, 6.07) is 0.321. The molecule has 0 aromatic carbocycles. The topological polar surface area (TPSA) is 86.3 Å². The Bertz CT molecular complexity index is 508. The Morgan fingerprint density at radius 3 is 2.77 bits per heavy atom. The number of carbonyl (C=O) groups is 1. The summed E-state index contributed by atoms with van der Waals surface area (Å²) in [4.78, 5) is 11.2. The van der Waals surface area contributed by atoms with Gasteiger partial charge in [-0.25, -0.2) is 0 Å². The Hall–Kier alpha value is -1.15. The number of hydrogen-bond acceptors (Lipinski definition) is 7. The molecule has 1 fully saturated rings. The first-order chi connectivity index (χ1) is 15.1. The van der Waals surface area contributed by atoms with Crippen LogP contribution in [-0.4, -0.2) is 62.5 Å². The molecular weight excluding hydrogens is 398 g/mol. The Morgan fingerprint density at radius 2 is 2.03 bits per heavy atom. The lowest BCUT2D eigenvalue weighted by Gasteiger charge is -2.26. The molecular formula is C24H43NO6. The number of carbonyl (C=O) groups excluding carboxylic acids is 1. The molecule has 2 N–H and O–H groups in total. The number of rotatable bonds is 17. The number of unbranched alkanes of at least 4 members (excludes halogenated alkanes) is 5. The zero-order valence-electron chi connectivity index (χ0n) is 19.3. The molecule has 0 bridgehead atoms. The van der Waals surface area contributed by atoms with E-state index in [9.17, 15) is 9.90 Å². The number of hydrogen-bond donors (Lipinski definition) is 2. The Balaban J connectivity index is 1.58. The molecule has 0 radical (unpaired) electrons. The molecule has 0 aromatic heterocycles. The third-order valence-corrected chi connectivity index (χ3v) is 6.06. The van der Waals surface area contributed by atoms with Crippen LogP contribution in [0.2, 0.25) is 0 Å². The van der Waals surface area contributed by atoms with Gasteiger partial charge in [0, 0.05) is 19.1 Å². The van der Waals surface area contributed by atoms with Gasteiger partial charge in [-0.1, -0.05) is 32.1 Å². The number of ether oxygens (including phenoxy) is 4. The Kier molecular flexibility index (Phi) is 13.2. The van der Waals surface area contributed by atoms with Gasteiger partial charge >= 0.3 is 5.97 Å². The van der Waals surface area contributed by atoms with E-state index in [4.69, 9.17) is 18.9 Å². The maximum Gasteiger partial charge on any atom is 0.305 e. The van der Waals surface area contributed by atoms with Crippen LogP contribution in [0.5, 0.6) is 0 Å². The predicted octanol–water partition coefficient (Wildman–Crippen LogP) is 3.84. The summed E-state index contributed by atoms with van der Waals surface area (Å²) in [5, 5.41) is 13.9. The minimum absolute atomic E-state index is 0.0551. The van der Waals surface area contributed by atoms with Crippen LogP contribution in [0, 0.1) is 0 Å².